The smallest absolute Gasteiger partial charge is 0.268 e. The monoisotopic (exact) mass is 334 g/mol. The van der Waals surface area contributed by atoms with Crippen molar-refractivity contribution in [3.8, 4) is 5.75 Å². The van der Waals surface area contributed by atoms with Crippen molar-refractivity contribution >= 4 is 11.8 Å². The highest BCUT2D eigenvalue weighted by Gasteiger charge is 2.25. The molecule has 1 aromatic carbocycles. The molecular weight excluding hydrogens is 308 g/mol. The molecule has 132 valence electrons. The van der Waals surface area contributed by atoms with E-state index in [1.54, 1.807) is 25.2 Å². The highest BCUT2D eigenvalue weighted by Crippen LogP contribution is 2.20. The van der Waals surface area contributed by atoms with Crippen LogP contribution in [-0.2, 0) is 9.63 Å². The lowest BCUT2D eigenvalue weighted by molar-refractivity contribution is -0.171. The first kappa shape index (κ1) is 18.3. The first-order valence-electron chi connectivity index (χ1n) is 8.48. The molecule has 0 saturated carbocycles. The van der Waals surface area contributed by atoms with Gasteiger partial charge in [0.25, 0.3) is 11.8 Å². The zero-order chi connectivity index (χ0) is 17.4. The van der Waals surface area contributed by atoms with Gasteiger partial charge in [-0.2, -0.15) is 0 Å². The van der Waals surface area contributed by atoms with E-state index >= 15 is 0 Å². The number of fused-ring (bicyclic) bond motifs is 1. The van der Waals surface area contributed by atoms with Crippen molar-refractivity contribution in [1.82, 2.24) is 10.4 Å². The summed E-state index contributed by atoms with van der Waals surface area (Å²) >= 11 is 0. The second-order valence-corrected chi connectivity index (χ2v) is 5.95. The molecule has 2 rings (SSSR count). The number of likely N-dealkylation sites (N-methyl/N-ethyl adjacent to an activating group) is 1. The molecule has 1 atom stereocenters. The molecule has 1 aliphatic heterocycles. The average Bonchev–Trinajstić information content (AvgIpc) is 2.62. The van der Waals surface area contributed by atoms with E-state index in [1.165, 1.54) is 7.11 Å². The summed E-state index contributed by atoms with van der Waals surface area (Å²) < 4.78 is 5.76. The molecule has 1 heterocycles. The van der Waals surface area contributed by atoms with Crippen molar-refractivity contribution < 1.29 is 19.2 Å². The number of para-hydroxylation sites is 1. The fourth-order valence-corrected chi connectivity index (χ4v) is 2.75. The molecule has 0 aromatic heterocycles. The van der Waals surface area contributed by atoms with Crippen molar-refractivity contribution in [3.05, 3.63) is 29.8 Å². The van der Waals surface area contributed by atoms with Gasteiger partial charge in [-0.25, -0.2) is 5.06 Å². The minimum Gasteiger partial charge on any atom is -0.493 e. The van der Waals surface area contributed by atoms with Gasteiger partial charge in [0.05, 0.1) is 19.3 Å². The lowest BCUT2D eigenvalue weighted by atomic mass is 10.0. The van der Waals surface area contributed by atoms with Crippen LogP contribution in [0.1, 0.15) is 48.9 Å². The molecule has 1 N–H and O–H groups in total. The van der Waals surface area contributed by atoms with E-state index in [4.69, 9.17) is 9.57 Å². The molecule has 1 unspecified atom stereocenters. The Morgan fingerprint density at radius 2 is 1.92 bits per heavy atom. The van der Waals surface area contributed by atoms with E-state index < -0.39 is 6.04 Å². The van der Waals surface area contributed by atoms with Gasteiger partial charge in [-0.15, -0.1) is 0 Å². The summed E-state index contributed by atoms with van der Waals surface area (Å²) in [6.07, 6.45) is 5.66. The molecule has 2 amide bonds. The number of carbonyl (C=O) groups is 2. The Hall–Kier alpha value is -2.08. The second kappa shape index (κ2) is 9.27. The predicted octanol–water partition coefficient (Wildman–Crippen LogP) is 2.54. The van der Waals surface area contributed by atoms with Crippen LogP contribution >= 0.6 is 0 Å². The van der Waals surface area contributed by atoms with Crippen LogP contribution in [-0.4, -0.2) is 43.7 Å². The Morgan fingerprint density at radius 1 is 1.21 bits per heavy atom. The Morgan fingerprint density at radius 3 is 2.71 bits per heavy atom. The van der Waals surface area contributed by atoms with Crippen LogP contribution in [0.5, 0.6) is 5.75 Å². The number of hydrogen-bond acceptors (Lipinski definition) is 4. The molecule has 1 aliphatic rings. The first-order valence-corrected chi connectivity index (χ1v) is 8.48. The van der Waals surface area contributed by atoms with Gasteiger partial charge in [0, 0.05) is 7.05 Å². The van der Waals surface area contributed by atoms with Gasteiger partial charge >= 0.3 is 0 Å². The molecular formula is C18H26N2O4. The molecule has 0 bridgehead atoms. The first-order chi connectivity index (χ1) is 11.6. The van der Waals surface area contributed by atoms with Crippen molar-refractivity contribution in [2.75, 3.05) is 20.8 Å². The molecule has 0 spiro atoms. The minimum atomic E-state index is -0.601. The van der Waals surface area contributed by atoms with E-state index in [-0.39, 0.29) is 11.8 Å². The average molecular weight is 334 g/mol. The summed E-state index contributed by atoms with van der Waals surface area (Å²) in [5.41, 5.74) is 0.453. The topological polar surface area (TPSA) is 67.9 Å². The zero-order valence-electron chi connectivity index (χ0n) is 14.4. The standard InChI is InChI=1S/C18H26N2O4/c1-20(23-2)18(22)15-11-6-4-3-5-9-13-24-16-12-8-7-10-14(16)17(21)19-15/h7-8,10,12,15H,3-6,9,11,13H2,1-2H3,(H,19,21). The van der Waals surface area contributed by atoms with Gasteiger partial charge in [-0.1, -0.05) is 37.8 Å². The van der Waals surface area contributed by atoms with Crippen LogP contribution < -0.4 is 10.1 Å². The van der Waals surface area contributed by atoms with Crippen LogP contribution in [0.2, 0.25) is 0 Å². The fraction of sp³-hybridized carbons (Fsp3) is 0.556. The van der Waals surface area contributed by atoms with Gasteiger partial charge in [-0.3, -0.25) is 14.4 Å². The van der Waals surface area contributed by atoms with Gasteiger partial charge in [0.15, 0.2) is 0 Å². The van der Waals surface area contributed by atoms with Crippen molar-refractivity contribution in [1.29, 1.82) is 0 Å². The lowest BCUT2D eigenvalue weighted by Crippen LogP contribution is -2.47. The van der Waals surface area contributed by atoms with Crippen LogP contribution in [0.3, 0.4) is 0 Å². The summed E-state index contributed by atoms with van der Waals surface area (Å²) in [4.78, 5) is 30.0. The van der Waals surface area contributed by atoms with Gasteiger partial charge in [0.1, 0.15) is 11.8 Å². The molecule has 0 fully saturated rings. The quantitative estimate of drug-likeness (QED) is 0.844. The summed E-state index contributed by atoms with van der Waals surface area (Å²) in [5, 5.41) is 3.99. The summed E-state index contributed by atoms with van der Waals surface area (Å²) in [6, 6.07) is 6.53. The van der Waals surface area contributed by atoms with Crippen LogP contribution in [0.25, 0.3) is 0 Å². The largest absolute Gasteiger partial charge is 0.493 e. The second-order valence-electron chi connectivity index (χ2n) is 5.95. The van der Waals surface area contributed by atoms with Crippen molar-refractivity contribution in [3.63, 3.8) is 0 Å². The Kier molecular flexibility index (Phi) is 7.06. The third kappa shape index (κ3) is 4.96. The number of amides is 2. The summed E-state index contributed by atoms with van der Waals surface area (Å²) in [6.45, 7) is 0.596. The van der Waals surface area contributed by atoms with Crippen LogP contribution in [0.4, 0.5) is 0 Å². The number of hydrogen-bond donors (Lipinski definition) is 1. The lowest BCUT2D eigenvalue weighted by Gasteiger charge is -2.23. The third-order valence-electron chi connectivity index (χ3n) is 4.21. The highest BCUT2D eigenvalue weighted by atomic mass is 16.7. The minimum absolute atomic E-state index is 0.251. The number of rotatable bonds is 2. The number of nitrogens with one attached hydrogen (secondary N) is 1. The maximum Gasteiger partial charge on any atom is 0.268 e. The van der Waals surface area contributed by atoms with Gasteiger partial charge in [-0.05, 0) is 25.0 Å². The van der Waals surface area contributed by atoms with Crippen LogP contribution in [0, 0.1) is 0 Å². The molecule has 24 heavy (non-hydrogen) atoms. The maximum absolute atomic E-state index is 12.6. The fourth-order valence-electron chi connectivity index (χ4n) is 2.75. The van der Waals surface area contributed by atoms with Crippen LogP contribution in [0.15, 0.2) is 24.3 Å². The molecule has 0 saturated heterocycles. The SMILES string of the molecule is CON(C)C(=O)C1CCCCCCCOc2ccccc2C(=O)N1. The predicted molar refractivity (Wildman–Crippen MR) is 90.7 cm³/mol. The molecule has 6 heteroatoms. The van der Waals surface area contributed by atoms with E-state index in [9.17, 15) is 9.59 Å². The maximum atomic E-state index is 12.6. The molecule has 0 radical (unpaired) electrons. The number of ether oxygens (including phenoxy) is 1. The van der Waals surface area contributed by atoms with Gasteiger partial charge < -0.3 is 10.1 Å². The molecule has 6 nitrogen and oxygen atoms in total. The van der Waals surface area contributed by atoms with Gasteiger partial charge in [0.2, 0.25) is 0 Å². The van der Waals surface area contributed by atoms with E-state index in [0.717, 1.165) is 37.2 Å². The number of nitrogens with zero attached hydrogens (tertiary/aromatic N) is 1. The van der Waals surface area contributed by atoms with E-state index in [0.29, 0.717) is 24.3 Å². The number of benzene rings is 1. The zero-order valence-corrected chi connectivity index (χ0v) is 14.4. The Bertz CT molecular complexity index is 562. The Balaban J connectivity index is 2.21. The summed E-state index contributed by atoms with van der Waals surface area (Å²) in [5.74, 6) is 0.00682. The number of carbonyl (C=O) groups excluding carboxylic acids is 2. The van der Waals surface area contributed by atoms with E-state index in [1.807, 2.05) is 6.07 Å². The molecule has 0 aliphatic carbocycles. The highest BCUT2D eigenvalue weighted by molar-refractivity contribution is 5.99. The van der Waals surface area contributed by atoms with Crippen molar-refractivity contribution in [2.45, 2.75) is 44.6 Å². The third-order valence-corrected chi connectivity index (χ3v) is 4.21. The normalized spacial score (nSPS) is 19.6. The van der Waals surface area contributed by atoms with E-state index in [2.05, 4.69) is 5.32 Å². The molecule has 1 aromatic rings. The number of hydroxylamine groups is 2. The Labute approximate surface area is 143 Å². The van der Waals surface area contributed by atoms with Crippen molar-refractivity contribution in [2.24, 2.45) is 0 Å². The summed E-state index contributed by atoms with van der Waals surface area (Å²) in [7, 11) is 2.98.